The molecule has 1 rings (SSSR count). The number of aryl methyl sites for hydroxylation is 2. The standard InChI is InChI=1S/C11H16BrN/c1-8-3-5-10(11(12)7-8)6-4-9(2)13/h3,5,7,9H,4,6,13H2,1-2H3. The first-order chi connectivity index (χ1) is 6.09. The average Bonchev–Trinajstić information content (AvgIpc) is 2.02. The van der Waals surface area contributed by atoms with Gasteiger partial charge in [0.05, 0.1) is 0 Å². The Morgan fingerprint density at radius 3 is 2.69 bits per heavy atom. The van der Waals surface area contributed by atoms with Crippen LogP contribution in [0.25, 0.3) is 0 Å². The van der Waals surface area contributed by atoms with Gasteiger partial charge in [0.15, 0.2) is 0 Å². The van der Waals surface area contributed by atoms with Crippen molar-refractivity contribution in [3.63, 3.8) is 0 Å². The number of benzene rings is 1. The summed E-state index contributed by atoms with van der Waals surface area (Å²) in [5.74, 6) is 0. The van der Waals surface area contributed by atoms with Crippen molar-refractivity contribution in [1.29, 1.82) is 0 Å². The maximum Gasteiger partial charge on any atom is 0.0209 e. The first-order valence-electron chi connectivity index (χ1n) is 4.60. The summed E-state index contributed by atoms with van der Waals surface area (Å²) < 4.78 is 1.20. The third-order valence-electron chi connectivity index (χ3n) is 2.08. The lowest BCUT2D eigenvalue weighted by Gasteiger charge is -2.07. The van der Waals surface area contributed by atoms with Crippen LogP contribution in [0.4, 0.5) is 0 Å². The highest BCUT2D eigenvalue weighted by atomic mass is 79.9. The Bertz CT molecular complexity index is 281. The predicted molar refractivity (Wildman–Crippen MR) is 60.8 cm³/mol. The Hall–Kier alpha value is -0.340. The summed E-state index contributed by atoms with van der Waals surface area (Å²) in [6.07, 6.45) is 2.10. The van der Waals surface area contributed by atoms with Crippen LogP contribution in [0.3, 0.4) is 0 Å². The van der Waals surface area contributed by atoms with E-state index in [1.54, 1.807) is 0 Å². The molecule has 1 nitrogen and oxygen atoms in total. The van der Waals surface area contributed by atoms with Gasteiger partial charge >= 0.3 is 0 Å². The van der Waals surface area contributed by atoms with Gasteiger partial charge in [0.2, 0.25) is 0 Å². The zero-order chi connectivity index (χ0) is 9.84. The fourth-order valence-corrected chi connectivity index (χ4v) is 1.93. The van der Waals surface area contributed by atoms with Crippen LogP contribution in [0.15, 0.2) is 22.7 Å². The van der Waals surface area contributed by atoms with Crippen LogP contribution in [0.2, 0.25) is 0 Å². The monoisotopic (exact) mass is 241 g/mol. The van der Waals surface area contributed by atoms with E-state index >= 15 is 0 Å². The second-order valence-corrected chi connectivity index (χ2v) is 4.47. The lowest BCUT2D eigenvalue weighted by atomic mass is 10.1. The largest absolute Gasteiger partial charge is 0.328 e. The van der Waals surface area contributed by atoms with Crippen molar-refractivity contribution in [2.24, 2.45) is 5.73 Å². The summed E-state index contributed by atoms with van der Waals surface area (Å²) in [6, 6.07) is 6.74. The molecule has 1 unspecified atom stereocenters. The van der Waals surface area contributed by atoms with Crippen LogP contribution < -0.4 is 5.73 Å². The summed E-state index contributed by atoms with van der Waals surface area (Å²) in [5.41, 5.74) is 8.34. The van der Waals surface area contributed by atoms with E-state index in [4.69, 9.17) is 5.73 Å². The van der Waals surface area contributed by atoms with Crippen molar-refractivity contribution in [2.45, 2.75) is 32.7 Å². The Morgan fingerprint density at radius 1 is 1.46 bits per heavy atom. The smallest absolute Gasteiger partial charge is 0.0209 e. The minimum absolute atomic E-state index is 0.285. The van der Waals surface area contributed by atoms with E-state index in [2.05, 4.69) is 41.1 Å². The number of hydrogen-bond acceptors (Lipinski definition) is 1. The highest BCUT2D eigenvalue weighted by molar-refractivity contribution is 9.10. The van der Waals surface area contributed by atoms with Gasteiger partial charge in [-0.3, -0.25) is 0 Å². The van der Waals surface area contributed by atoms with E-state index in [1.807, 2.05) is 6.92 Å². The summed E-state index contributed by atoms with van der Waals surface area (Å²) in [5, 5.41) is 0. The lowest BCUT2D eigenvalue weighted by Crippen LogP contribution is -2.15. The van der Waals surface area contributed by atoms with Crippen LogP contribution >= 0.6 is 15.9 Å². The van der Waals surface area contributed by atoms with Gasteiger partial charge in [-0.2, -0.15) is 0 Å². The van der Waals surface area contributed by atoms with Gasteiger partial charge in [-0.1, -0.05) is 28.1 Å². The average molecular weight is 242 g/mol. The van der Waals surface area contributed by atoms with Crippen molar-refractivity contribution in [1.82, 2.24) is 0 Å². The van der Waals surface area contributed by atoms with Crippen molar-refractivity contribution < 1.29 is 0 Å². The molecule has 0 saturated heterocycles. The number of rotatable bonds is 3. The molecule has 0 aliphatic carbocycles. The molecule has 1 atom stereocenters. The molecule has 0 bridgehead atoms. The maximum atomic E-state index is 5.70. The first-order valence-corrected chi connectivity index (χ1v) is 5.39. The molecule has 0 spiro atoms. The van der Waals surface area contributed by atoms with Crippen molar-refractivity contribution in [2.75, 3.05) is 0 Å². The van der Waals surface area contributed by atoms with Gasteiger partial charge in [-0.25, -0.2) is 0 Å². The van der Waals surface area contributed by atoms with Crippen LogP contribution in [0, 0.1) is 6.92 Å². The third kappa shape index (κ3) is 3.49. The quantitative estimate of drug-likeness (QED) is 0.866. The predicted octanol–water partition coefficient (Wildman–Crippen LogP) is 3.04. The Balaban J connectivity index is 2.67. The first kappa shape index (κ1) is 10.7. The van der Waals surface area contributed by atoms with E-state index in [0.717, 1.165) is 12.8 Å². The van der Waals surface area contributed by atoms with E-state index in [-0.39, 0.29) is 6.04 Å². The topological polar surface area (TPSA) is 26.0 Å². The minimum Gasteiger partial charge on any atom is -0.328 e. The minimum atomic E-state index is 0.285. The Labute approximate surface area is 88.5 Å². The normalized spacial score (nSPS) is 12.9. The zero-order valence-corrected chi connectivity index (χ0v) is 9.76. The van der Waals surface area contributed by atoms with Crippen LogP contribution in [-0.2, 0) is 6.42 Å². The van der Waals surface area contributed by atoms with E-state index < -0.39 is 0 Å². The number of nitrogens with two attached hydrogens (primary N) is 1. The van der Waals surface area contributed by atoms with Gasteiger partial charge in [0.1, 0.15) is 0 Å². The van der Waals surface area contributed by atoms with Crippen molar-refractivity contribution in [3.8, 4) is 0 Å². The molecule has 0 fully saturated rings. The fraction of sp³-hybridized carbons (Fsp3) is 0.455. The van der Waals surface area contributed by atoms with Gasteiger partial charge in [-0.05, 0) is 43.9 Å². The molecule has 2 N–H and O–H groups in total. The summed E-state index contributed by atoms with van der Waals surface area (Å²) in [7, 11) is 0. The van der Waals surface area contributed by atoms with Crippen LogP contribution in [0.5, 0.6) is 0 Å². The van der Waals surface area contributed by atoms with Crippen LogP contribution in [0.1, 0.15) is 24.5 Å². The number of hydrogen-bond donors (Lipinski definition) is 1. The van der Waals surface area contributed by atoms with E-state index in [1.165, 1.54) is 15.6 Å². The molecule has 0 aliphatic rings. The van der Waals surface area contributed by atoms with Gasteiger partial charge in [0.25, 0.3) is 0 Å². The SMILES string of the molecule is Cc1ccc(CCC(C)N)c(Br)c1. The van der Waals surface area contributed by atoms with Gasteiger partial charge < -0.3 is 5.73 Å². The molecular formula is C11H16BrN. The van der Waals surface area contributed by atoms with E-state index in [0.29, 0.717) is 0 Å². The molecule has 72 valence electrons. The Morgan fingerprint density at radius 2 is 2.15 bits per heavy atom. The van der Waals surface area contributed by atoms with Crippen molar-refractivity contribution in [3.05, 3.63) is 33.8 Å². The molecule has 0 amide bonds. The summed E-state index contributed by atoms with van der Waals surface area (Å²) in [6.45, 7) is 4.14. The van der Waals surface area contributed by atoms with Gasteiger partial charge in [0, 0.05) is 10.5 Å². The molecule has 13 heavy (non-hydrogen) atoms. The number of halogens is 1. The molecule has 0 aromatic heterocycles. The second kappa shape index (κ2) is 4.77. The van der Waals surface area contributed by atoms with E-state index in [9.17, 15) is 0 Å². The highest BCUT2D eigenvalue weighted by Crippen LogP contribution is 2.19. The molecule has 0 heterocycles. The summed E-state index contributed by atoms with van der Waals surface area (Å²) in [4.78, 5) is 0. The molecule has 2 heteroatoms. The fourth-order valence-electron chi connectivity index (χ4n) is 1.24. The molecule has 0 radical (unpaired) electrons. The maximum absolute atomic E-state index is 5.70. The molecule has 0 saturated carbocycles. The van der Waals surface area contributed by atoms with Crippen molar-refractivity contribution >= 4 is 15.9 Å². The molecule has 0 aliphatic heterocycles. The zero-order valence-electron chi connectivity index (χ0n) is 8.18. The molecule has 1 aromatic carbocycles. The third-order valence-corrected chi connectivity index (χ3v) is 2.82. The second-order valence-electron chi connectivity index (χ2n) is 3.61. The lowest BCUT2D eigenvalue weighted by molar-refractivity contribution is 0.665. The van der Waals surface area contributed by atoms with Gasteiger partial charge in [-0.15, -0.1) is 0 Å². The van der Waals surface area contributed by atoms with Crippen LogP contribution in [-0.4, -0.2) is 6.04 Å². The molecular weight excluding hydrogens is 226 g/mol. The summed E-state index contributed by atoms with van der Waals surface area (Å²) >= 11 is 3.56. The highest BCUT2D eigenvalue weighted by Gasteiger charge is 2.01. The molecule has 1 aromatic rings. The Kier molecular flexibility index (Phi) is 3.94.